The zero-order chi connectivity index (χ0) is 28.2. The number of fused-ring (bicyclic) bond motifs is 1. The van der Waals surface area contributed by atoms with Crippen molar-refractivity contribution in [3.63, 3.8) is 0 Å². The summed E-state index contributed by atoms with van der Waals surface area (Å²) in [6.07, 6.45) is 4.59. The quantitative estimate of drug-likeness (QED) is 0.155. The minimum Gasteiger partial charge on any atom is -0.465 e. The molecule has 6 nitrogen and oxygen atoms in total. The van der Waals surface area contributed by atoms with E-state index in [-0.39, 0.29) is 11.1 Å². The van der Waals surface area contributed by atoms with E-state index in [1.165, 1.54) is 19.5 Å². The molecule has 2 heterocycles. The third kappa shape index (κ3) is 5.38. The third-order valence-corrected chi connectivity index (χ3v) is 6.86. The van der Waals surface area contributed by atoms with Crippen molar-refractivity contribution in [2.24, 2.45) is 0 Å². The molecule has 0 bridgehead atoms. The second-order valence-corrected chi connectivity index (χ2v) is 9.48. The van der Waals surface area contributed by atoms with E-state index < -0.39 is 11.8 Å². The van der Waals surface area contributed by atoms with Crippen LogP contribution >= 0.6 is 0 Å². The molecule has 7 heteroatoms. The standard InChI is InChI=1S/C34H25FN4O2/c1-41-34(40)27-16-17-28(30(35)18-23-12-14-26(15-13-23)25-10-6-3-7-11-25)29(19-27)31-32-33(37-21-36-31)39(22-38-32)20-24-8-4-2-5-9-24/h2-19,21-22H,20H2,1H3/b30-18-. The summed E-state index contributed by atoms with van der Waals surface area (Å²) in [5.41, 5.74) is 6.43. The Hall–Kier alpha value is -5.43. The smallest absolute Gasteiger partial charge is 0.337 e. The maximum Gasteiger partial charge on any atom is 0.337 e. The van der Waals surface area contributed by atoms with Crippen LogP contribution in [-0.4, -0.2) is 32.6 Å². The van der Waals surface area contributed by atoms with Crippen LogP contribution in [0.5, 0.6) is 0 Å². The van der Waals surface area contributed by atoms with Gasteiger partial charge in [0, 0.05) is 11.1 Å². The fourth-order valence-electron chi connectivity index (χ4n) is 4.79. The molecular formula is C34H25FN4O2. The SMILES string of the molecule is COC(=O)c1ccc(/C(F)=C/c2ccc(-c3ccccc3)cc2)c(-c2ncnc3c2ncn3Cc2ccccc2)c1. The molecule has 0 aliphatic carbocycles. The summed E-state index contributed by atoms with van der Waals surface area (Å²) in [7, 11) is 1.31. The molecule has 0 amide bonds. The molecule has 0 fully saturated rings. The highest BCUT2D eigenvalue weighted by atomic mass is 19.1. The number of methoxy groups -OCH3 is 1. The number of rotatable bonds is 7. The van der Waals surface area contributed by atoms with E-state index in [0.29, 0.717) is 34.5 Å². The van der Waals surface area contributed by atoms with Crippen LogP contribution in [0, 0.1) is 0 Å². The summed E-state index contributed by atoms with van der Waals surface area (Å²) in [6, 6.07) is 32.3. The normalized spacial score (nSPS) is 11.5. The van der Waals surface area contributed by atoms with Gasteiger partial charge in [-0.3, -0.25) is 0 Å². The highest BCUT2D eigenvalue weighted by Crippen LogP contribution is 2.34. The monoisotopic (exact) mass is 540 g/mol. The number of imidazole rings is 1. The highest BCUT2D eigenvalue weighted by Gasteiger charge is 2.20. The largest absolute Gasteiger partial charge is 0.465 e. The van der Waals surface area contributed by atoms with Crippen LogP contribution in [0.4, 0.5) is 4.39 Å². The number of hydrogen-bond acceptors (Lipinski definition) is 5. The van der Waals surface area contributed by atoms with Gasteiger partial charge in [0.1, 0.15) is 23.4 Å². The Balaban J connectivity index is 1.42. The Morgan fingerprint density at radius 2 is 1.56 bits per heavy atom. The Morgan fingerprint density at radius 3 is 2.29 bits per heavy atom. The van der Waals surface area contributed by atoms with E-state index in [1.807, 2.05) is 89.5 Å². The summed E-state index contributed by atoms with van der Waals surface area (Å²) in [5.74, 6) is -1.00. The van der Waals surface area contributed by atoms with Crippen molar-refractivity contribution in [1.29, 1.82) is 0 Å². The molecule has 0 aliphatic rings. The van der Waals surface area contributed by atoms with Crippen molar-refractivity contribution in [1.82, 2.24) is 19.5 Å². The summed E-state index contributed by atoms with van der Waals surface area (Å²) >= 11 is 0. The van der Waals surface area contributed by atoms with E-state index in [9.17, 15) is 4.79 Å². The van der Waals surface area contributed by atoms with Gasteiger partial charge in [-0.05, 0) is 40.5 Å². The number of nitrogens with zero attached hydrogens (tertiary/aromatic N) is 4. The van der Waals surface area contributed by atoms with Crippen molar-refractivity contribution in [2.75, 3.05) is 7.11 Å². The minimum atomic E-state index is -0.529. The molecule has 2 aromatic heterocycles. The number of carbonyl (C=O) groups excluding carboxylic acids is 1. The van der Waals surface area contributed by atoms with Gasteiger partial charge in [-0.2, -0.15) is 0 Å². The minimum absolute atomic E-state index is 0.279. The molecule has 0 N–H and O–H groups in total. The van der Waals surface area contributed by atoms with Gasteiger partial charge in [0.15, 0.2) is 5.65 Å². The number of hydrogen-bond donors (Lipinski definition) is 0. The molecule has 0 saturated heterocycles. The van der Waals surface area contributed by atoms with E-state index in [4.69, 9.17) is 4.74 Å². The van der Waals surface area contributed by atoms with Gasteiger partial charge in [-0.15, -0.1) is 0 Å². The zero-order valence-electron chi connectivity index (χ0n) is 22.2. The predicted molar refractivity (Wildman–Crippen MR) is 158 cm³/mol. The van der Waals surface area contributed by atoms with E-state index in [0.717, 1.165) is 16.7 Å². The molecule has 0 radical (unpaired) electrons. The van der Waals surface area contributed by atoms with Crippen LogP contribution in [0.25, 0.3) is 45.5 Å². The maximum atomic E-state index is 16.0. The maximum absolute atomic E-state index is 16.0. The van der Waals surface area contributed by atoms with Gasteiger partial charge in [-0.1, -0.05) is 91.0 Å². The lowest BCUT2D eigenvalue weighted by Gasteiger charge is -2.11. The van der Waals surface area contributed by atoms with E-state index in [1.54, 1.807) is 24.5 Å². The Bertz CT molecular complexity index is 1860. The molecule has 4 aromatic carbocycles. The summed E-state index contributed by atoms with van der Waals surface area (Å²) in [4.78, 5) is 25.9. The zero-order valence-corrected chi connectivity index (χ0v) is 22.2. The first-order chi connectivity index (χ1) is 20.1. The lowest BCUT2D eigenvalue weighted by atomic mass is 9.98. The summed E-state index contributed by atoms with van der Waals surface area (Å²) in [5, 5.41) is 0. The first-order valence-corrected chi connectivity index (χ1v) is 13.1. The Morgan fingerprint density at radius 1 is 0.854 bits per heavy atom. The van der Waals surface area contributed by atoms with Crippen LogP contribution in [0.2, 0.25) is 0 Å². The molecule has 200 valence electrons. The number of ether oxygens (including phenoxy) is 1. The van der Waals surface area contributed by atoms with Crippen molar-refractivity contribution in [3.05, 3.63) is 138 Å². The number of carbonyl (C=O) groups is 1. The van der Waals surface area contributed by atoms with Crippen LogP contribution in [0.1, 0.15) is 27.0 Å². The van der Waals surface area contributed by atoms with Gasteiger partial charge in [0.2, 0.25) is 0 Å². The lowest BCUT2D eigenvalue weighted by molar-refractivity contribution is 0.0600. The molecule has 6 rings (SSSR count). The van der Waals surface area contributed by atoms with Gasteiger partial charge in [0.05, 0.1) is 25.5 Å². The average Bonchev–Trinajstić information content (AvgIpc) is 3.44. The van der Waals surface area contributed by atoms with Crippen LogP contribution in [-0.2, 0) is 11.3 Å². The molecule has 0 saturated carbocycles. The number of esters is 1. The fraction of sp³-hybridized carbons (Fsp3) is 0.0588. The van der Waals surface area contributed by atoms with Crippen molar-refractivity contribution >= 4 is 29.0 Å². The summed E-state index contributed by atoms with van der Waals surface area (Å²) in [6.45, 7) is 0.566. The highest BCUT2D eigenvalue weighted by molar-refractivity contribution is 5.97. The lowest BCUT2D eigenvalue weighted by Crippen LogP contribution is -2.03. The molecule has 0 unspecified atom stereocenters. The van der Waals surface area contributed by atoms with Crippen LogP contribution in [0.3, 0.4) is 0 Å². The summed E-state index contributed by atoms with van der Waals surface area (Å²) < 4.78 is 22.8. The molecular weight excluding hydrogens is 515 g/mol. The first-order valence-electron chi connectivity index (χ1n) is 13.1. The van der Waals surface area contributed by atoms with Gasteiger partial charge >= 0.3 is 5.97 Å². The second kappa shape index (κ2) is 11.4. The van der Waals surface area contributed by atoms with E-state index in [2.05, 4.69) is 15.0 Å². The molecule has 0 spiro atoms. The van der Waals surface area contributed by atoms with Crippen molar-refractivity contribution < 1.29 is 13.9 Å². The van der Waals surface area contributed by atoms with Gasteiger partial charge in [-0.25, -0.2) is 24.1 Å². The first kappa shape index (κ1) is 25.8. The van der Waals surface area contributed by atoms with Gasteiger partial charge < -0.3 is 9.30 Å². The van der Waals surface area contributed by atoms with Crippen molar-refractivity contribution in [2.45, 2.75) is 6.54 Å². The third-order valence-electron chi connectivity index (χ3n) is 6.86. The molecule has 0 atom stereocenters. The predicted octanol–water partition coefficient (Wildman–Crippen LogP) is 7.46. The Kier molecular flexibility index (Phi) is 7.15. The van der Waals surface area contributed by atoms with Crippen LogP contribution in [0.15, 0.2) is 116 Å². The molecule has 0 aliphatic heterocycles. The molecule has 6 aromatic rings. The molecule has 41 heavy (non-hydrogen) atoms. The topological polar surface area (TPSA) is 69.9 Å². The Labute approximate surface area is 236 Å². The number of aromatic nitrogens is 4. The second-order valence-electron chi connectivity index (χ2n) is 9.48. The number of halogens is 1. The average molecular weight is 541 g/mol. The fourth-order valence-corrected chi connectivity index (χ4v) is 4.79. The van der Waals surface area contributed by atoms with E-state index >= 15 is 4.39 Å². The van der Waals surface area contributed by atoms with Crippen molar-refractivity contribution in [3.8, 4) is 22.4 Å². The van der Waals surface area contributed by atoms with Gasteiger partial charge in [0.25, 0.3) is 0 Å². The number of benzene rings is 4. The van der Waals surface area contributed by atoms with Crippen LogP contribution < -0.4 is 0 Å².